The van der Waals surface area contributed by atoms with E-state index in [0.29, 0.717) is 44.5 Å². The van der Waals surface area contributed by atoms with Crippen molar-refractivity contribution < 1.29 is 152 Å². The van der Waals surface area contributed by atoms with Crippen molar-refractivity contribution in [2.75, 3.05) is 80.0 Å². The van der Waals surface area contributed by atoms with E-state index in [9.17, 15) is 57.5 Å². The smallest absolute Gasteiger partial charge is 0.319 e. The van der Waals surface area contributed by atoms with Crippen LogP contribution in [0.3, 0.4) is 0 Å². The Balaban J connectivity index is 1.36. The Morgan fingerprint density at radius 2 is 0.389 bits per heavy atom. The van der Waals surface area contributed by atoms with Gasteiger partial charge in [-0.25, -0.2) is 0 Å². The van der Waals surface area contributed by atoms with Crippen molar-refractivity contribution in [2.45, 2.75) is 161 Å². The largest absolute Gasteiger partial charge is 0.465 e. The number of rotatable bonds is 28. The van der Waals surface area contributed by atoms with Gasteiger partial charge in [0.2, 0.25) is 27.2 Å². The van der Waals surface area contributed by atoms with Gasteiger partial charge in [0.15, 0.2) is 0 Å². The maximum Gasteiger partial charge on any atom is 0.319 e. The highest BCUT2D eigenvalue weighted by molar-refractivity contribution is 5.82. The number of carbonyl (C=O) groups excluding carboxylic acids is 12. The van der Waals surface area contributed by atoms with Crippen LogP contribution in [0.2, 0.25) is 0 Å². The van der Waals surface area contributed by atoms with Gasteiger partial charge in [-0.05, 0) is 52.0 Å². The van der Waals surface area contributed by atoms with E-state index < -0.39 is 223 Å². The fourth-order valence-electron chi connectivity index (χ4n) is 12.7. The molecule has 0 unspecified atom stereocenters. The minimum absolute atomic E-state index is 0.0801. The van der Waals surface area contributed by atoms with Gasteiger partial charge in [-0.15, -0.1) is 0 Å². The van der Waals surface area contributed by atoms with Crippen molar-refractivity contribution in [3.05, 3.63) is 91.0 Å². The van der Waals surface area contributed by atoms with Gasteiger partial charge >= 0.3 is 71.6 Å². The van der Waals surface area contributed by atoms with Gasteiger partial charge in [0, 0.05) is 124 Å². The number of carbonyl (C=O) groups is 12. The molecule has 0 N–H and O–H groups in total. The molecular formula is C76H88O32. The predicted octanol–water partition coefficient (Wildman–Crippen LogP) is 8.22. The molecule has 4 aromatic rings. The molecule has 32 heteroatoms. The molecule has 0 amide bonds. The van der Waals surface area contributed by atoms with Crippen molar-refractivity contribution >= 4 is 71.6 Å². The van der Waals surface area contributed by atoms with Crippen molar-refractivity contribution in [1.29, 1.82) is 0 Å². The van der Waals surface area contributed by atoms with Crippen LogP contribution in [0.15, 0.2) is 24.3 Å². The van der Waals surface area contributed by atoms with E-state index in [1.807, 2.05) is 52.0 Å². The van der Waals surface area contributed by atoms with Crippen LogP contribution >= 0.6 is 0 Å². The molecule has 5 aliphatic rings. The normalized spacial score (nSPS) is 16.4. The second-order valence-corrected chi connectivity index (χ2v) is 28.1. The standard InChI is InChI=1S/C76H88O32/c1-37-49-17-51-38(2)53-19-55-40(4)56-20-54-39(3)52-18-50(37)62-58(22-90-70(86)74(14,27-95-43(7)79)28-96-44(8)80)64(52)104-35-106-66(54)60(24-92-72(88)76(16,31-99-47(11)83)32-100-48(12)84)68(56)108-36-107-67(55)59(23-91-71(87)75(15,29-97-45(9)81)30-98-46(10)82)65(53)105-34-103-63(51)57(61(49)101-33-102-62)21-89-69(85)73(13,25-93-41(5)77)26-94-42(6)78/h17-20,37-40H,21-36H2,1-16H3. The molecule has 32 nitrogen and oxygen atoms in total. The van der Waals surface area contributed by atoms with Crippen LogP contribution in [0.4, 0.5) is 0 Å². The number of esters is 12. The SMILES string of the molecule is CC(=O)OCC(C)(COC(C)=O)C(=O)OCc1c2c3cc4c1OCOc1c(cc5c(c1COC(=O)C(C)(COC(C)=O)COC(C)=O)OCOc1c(cc6c(c1COC(=O)C(C)(COC(C)=O)COC(C)=O)OCOc1c(cc(c(c1COC(=O)C(C)(COC(C)=O)COC(C)=O)OCO2)C3C)C6C)C5C)C4C. The second kappa shape index (κ2) is 33.4. The molecule has 4 heterocycles. The maximum absolute atomic E-state index is 14.7. The molecule has 108 heavy (non-hydrogen) atoms. The highest BCUT2D eigenvalue weighted by Gasteiger charge is 2.46. The van der Waals surface area contributed by atoms with E-state index in [-0.39, 0.29) is 68.2 Å². The summed E-state index contributed by atoms with van der Waals surface area (Å²) in [6.07, 6.45) is 0. The lowest BCUT2D eigenvalue weighted by molar-refractivity contribution is -0.172. The van der Waals surface area contributed by atoms with Gasteiger partial charge in [-0.2, -0.15) is 0 Å². The summed E-state index contributed by atoms with van der Waals surface area (Å²) in [4.78, 5) is 157. The van der Waals surface area contributed by atoms with Gasteiger partial charge in [0.1, 0.15) is 147 Å². The average Bonchev–Trinajstić information content (AvgIpc) is 0.724. The van der Waals surface area contributed by atoms with E-state index in [0.717, 1.165) is 55.4 Å². The Hall–Kier alpha value is -11.1. The Morgan fingerprint density at radius 1 is 0.259 bits per heavy atom. The zero-order valence-electron chi connectivity index (χ0n) is 63.0. The third-order valence-corrected chi connectivity index (χ3v) is 19.0. The molecule has 8 bridgehead atoms. The summed E-state index contributed by atoms with van der Waals surface area (Å²) in [5.41, 5.74) is -3.33. The Labute approximate surface area is 621 Å². The molecule has 0 saturated heterocycles. The zero-order valence-corrected chi connectivity index (χ0v) is 63.0. The molecule has 0 fully saturated rings. The third kappa shape index (κ3) is 17.8. The van der Waals surface area contributed by atoms with Gasteiger partial charge in [-0.1, -0.05) is 27.7 Å². The minimum Gasteiger partial charge on any atom is -0.465 e. The summed E-state index contributed by atoms with van der Waals surface area (Å²) in [5.74, 6) is -12.8. The molecule has 0 radical (unpaired) electrons. The first kappa shape index (κ1) is 81.0. The molecule has 4 aromatic carbocycles. The first-order valence-corrected chi connectivity index (χ1v) is 34.5. The summed E-state index contributed by atoms with van der Waals surface area (Å²) < 4.78 is 121. The maximum atomic E-state index is 14.7. The van der Waals surface area contributed by atoms with Crippen LogP contribution < -0.4 is 37.9 Å². The predicted molar refractivity (Wildman–Crippen MR) is 365 cm³/mol. The van der Waals surface area contributed by atoms with Crippen LogP contribution in [-0.4, -0.2) is 152 Å². The molecule has 9 rings (SSSR count). The number of benzene rings is 4. The van der Waals surface area contributed by atoms with Crippen LogP contribution in [-0.2, 0) is 141 Å². The Bertz CT molecular complexity index is 3530. The third-order valence-electron chi connectivity index (χ3n) is 19.0. The first-order chi connectivity index (χ1) is 50.9. The van der Waals surface area contributed by atoms with E-state index in [4.69, 9.17) is 94.7 Å². The first-order valence-electron chi connectivity index (χ1n) is 34.5. The highest BCUT2D eigenvalue weighted by Crippen LogP contribution is 2.57. The van der Waals surface area contributed by atoms with E-state index in [1.54, 1.807) is 0 Å². The van der Waals surface area contributed by atoms with Gasteiger partial charge < -0.3 is 94.7 Å². The minimum atomic E-state index is -1.78. The Kier molecular flexibility index (Phi) is 25.0. The van der Waals surface area contributed by atoms with Crippen molar-refractivity contribution in [1.82, 2.24) is 0 Å². The number of hydrogen-bond acceptors (Lipinski definition) is 32. The Morgan fingerprint density at radius 3 is 0.509 bits per heavy atom. The molecule has 0 aromatic heterocycles. The monoisotopic (exact) mass is 1510 g/mol. The van der Waals surface area contributed by atoms with Crippen LogP contribution in [0, 0.1) is 21.7 Å². The fraction of sp³-hybridized carbons (Fsp3) is 0.526. The van der Waals surface area contributed by atoms with Crippen molar-refractivity contribution in [3.8, 4) is 46.0 Å². The molecule has 1 aliphatic carbocycles. The molecule has 0 atom stereocenters. The number of hydrogen-bond donors (Lipinski definition) is 0. The van der Waals surface area contributed by atoms with Gasteiger partial charge in [-0.3, -0.25) is 57.5 Å². The molecule has 0 spiro atoms. The molecule has 584 valence electrons. The summed E-state index contributed by atoms with van der Waals surface area (Å²) in [6.45, 7) is 12.3. The number of ether oxygens (including phenoxy) is 20. The van der Waals surface area contributed by atoms with E-state index in [1.165, 1.54) is 27.7 Å². The topological polar surface area (TPSA) is 389 Å². The second-order valence-electron chi connectivity index (χ2n) is 28.1. The fourth-order valence-corrected chi connectivity index (χ4v) is 12.7. The van der Waals surface area contributed by atoms with E-state index >= 15 is 0 Å². The van der Waals surface area contributed by atoms with E-state index in [2.05, 4.69) is 0 Å². The van der Waals surface area contributed by atoms with Crippen molar-refractivity contribution in [3.63, 3.8) is 0 Å². The lowest BCUT2D eigenvalue weighted by Gasteiger charge is -2.36. The summed E-state index contributed by atoms with van der Waals surface area (Å²) >= 11 is 0. The van der Waals surface area contributed by atoms with Crippen LogP contribution in [0.5, 0.6) is 46.0 Å². The highest BCUT2D eigenvalue weighted by atomic mass is 16.7. The lowest BCUT2D eigenvalue weighted by Crippen LogP contribution is -2.40. The average molecular weight is 1510 g/mol. The molecular weight excluding hydrogens is 1420 g/mol. The lowest BCUT2D eigenvalue weighted by atomic mass is 9.78. The van der Waals surface area contributed by atoms with Gasteiger partial charge in [0.25, 0.3) is 0 Å². The molecule has 4 aliphatic heterocycles. The van der Waals surface area contributed by atoms with Crippen LogP contribution in [0.25, 0.3) is 0 Å². The van der Waals surface area contributed by atoms with Gasteiger partial charge in [0.05, 0.1) is 22.3 Å². The van der Waals surface area contributed by atoms with Crippen LogP contribution in [0.1, 0.15) is 201 Å². The quantitative estimate of drug-likeness (QED) is 0.0381. The van der Waals surface area contributed by atoms with Crippen molar-refractivity contribution in [2.24, 2.45) is 21.7 Å². The molecule has 0 saturated carbocycles. The summed E-state index contributed by atoms with van der Waals surface area (Å²) in [7, 11) is 0. The zero-order chi connectivity index (χ0) is 79.1. The summed E-state index contributed by atoms with van der Waals surface area (Å²) in [5, 5.41) is 0. The summed E-state index contributed by atoms with van der Waals surface area (Å²) in [6, 6.07) is 7.34.